The number of aromatic nitrogens is 1. The maximum atomic E-state index is 9.04. The lowest BCUT2D eigenvalue weighted by molar-refractivity contribution is -0.0277. The van der Waals surface area contributed by atoms with Crippen LogP contribution in [0.1, 0.15) is 19.4 Å². The summed E-state index contributed by atoms with van der Waals surface area (Å²) in [6, 6.07) is 3.95. The number of rotatable bonds is 1. The standard InChI is InChI=1S/C12H15N3O/c1-12(2)9-15(5-6-16-12)11-8-14-4-3-10(11)7-13/h3-4,8H,5-6,9H2,1-2H3. The van der Waals surface area contributed by atoms with Gasteiger partial charge in [0.2, 0.25) is 0 Å². The first-order valence-corrected chi connectivity index (χ1v) is 5.35. The third-order valence-corrected chi connectivity index (χ3v) is 2.69. The van der Waals surface area contributed by atoms with Gasteiger partial charge in [-0.1, -0.05) is 0 Å². The SMILES string of the molecule is CC1(C)CN(c2cnccc2C#N)CCO1. The first kappa shape index (κ1) is 10.9. The highest BCUT2D eigenvalue weighted by Gasteiger charge is 2.28. The Morgan fingerprint density at radius 2 is 2.38 bits per heavy atom. The molecule has 1 aromatic heterocycles. The van der Waals surface area contributed by atoms with Crippen LogP contribution in [0.2, 0.25) is 0 Å². The molecule has 0 N–H and O–H groups in total. The third-order valence-electron chi connectivity index (χ3n) is 2.69. The number of anilines is 1. The number of hydrogen-bond acceptors (Lipinski definition) is 4. The van der Waals surface area contributed by atoms with E-state index in [2.05, 4.69) is 29.8 Å². The van der Waals surface area contributed by atoms with Gasteiger partial charge in [0.25, 0.3) is 0 Å². The largest absolute Gasteiger partial charge is 0.372 e. The van der Waals surface area contributed by atoms with Crippen LogP contribution in [-0.4, -0.2) is 30.3 Å². The molecule has 0 aromatic carbocycles. The minimum absolute atomic E-state index is 0.166. The van der Waals surface area contributed by atoms with E-state index in [0.29, 0.717) is 12.2 Å². The van der Waals surface area contributed by atoms with E-state index < -0.39 is 0 Å². The van der Waals surface area contributed by atoms with Crippen LogP contribution < -0.4 is 4.90 Å². The smallest absolute Gasteiger partial charge is 0.101 e. The summed E-state index contributed by atoms with van der Waals surface area (Å²) in [5, 5.41) is 9.04. The summed E-state index contributed by atoms with van der Waals surface area (Å²) in [6.07, 6.45) is 3.40. The van der Waals surface area contributed by atoms with Crippen molar-refractivity contribution in [3.63, 3.8) is 0 Å². The van der Waals surface area contributed by atoms with Crippen LogP contribution in [0.5, 0.6) is 0 Å². The lowest BCUT2D eigenvalue weighted by Gasteiger charge is -2.39. The van der Waals surface area contributed by atoms with Crippen molar-refractivity contribution in [3.8, 4) is 6.07 Å². The molecule has 0 amide bonds. The molecule has 84 valence electrons. The number of pyridine rings is 1. The molecule has 1 aromatic rings. The number of nitriles is 1. The van der Waals surface area contributed by atoms with Gasteiger partial charge < -0.3 is 9.64 Å². The maximum absolute atomic E-state index is 9.04. The lowest BCUT2D eigenvalue weighted by atomic mass is 10.1. The van der Waals surface area contributed by atoms with Crippen molar-refractivity contribution < 1.29 is 4.74 Å². The van der Waals surface area contributed by atoms with Crippen LogP contribution in [0.25, 0.3) is 0 Å². The summed E-state index contributed by atoms with van der Waals surface area (Å²) in [4.78, 5) is 6.24. The summed E-state index contributed by atoms with van der Waals surface area (Å²) in [5.74, 6) is 0. The molecule has 1 saturated heterocycles. The molecule has 0 radical (unpaired) electrons. The van der Waals surface area contributed by atoms with E-state index in [9.17, 15) is 0 Å². The average molecular weight is 217 g/mol. The molecule has 2 heterocycles. The topological polar surface area (TPSA) is 49.2 Å². The number of nitrogens with zero attached hydrogens (tertiary/aromatic N) is 3. The summed E-state index contributed by atoms with van der Waals surface area (Å²) in [6.45, 7) is 6.40. The predicted octanol–water partition coefficient (Wildman–Crippen LogP) is 1.57. The highest BCUT2D eigenvalue weighted by Crippen LogP contribution is 2.24. The Kier molecular flexibility index (Phi) is 2.80. The maximum Gasteiger partial charge on any atom is 0.101 e. The molecule has 2 rings (SSSR count). The highest BCUT2D eigenvalue weighted by atomic mass is 16.5. The second kappa shape index (κ2) is 4.11. The number of ether oxygens (including phenoxy) is 1. The van der Waals surface area contributed by atoms with Crippen molar-refractivity contribution in [2.45, 2.75) is 19.4 Å². The van der Waals surface area contributed by atoms with Crippen LogP contribution >= 0.6 is 0 Å². The van der Waals surface area contributed by atoms with Crippen molar-refractivity contribution in [1.82, 2.24) is 4.98 Å². The molecule has 16 heavy (non-hydrogen) atoms. The van der Waals surface area contributed by atoms with E-state index in [-0.39, 0.29) is 5.60 Å². The van der Waals surface area contributed by atoms with Crippen molar-refractivity contribution in [2.24, 2.45) is 0 Å². The molecule has 0 bridgehead atoms. The van der Waals surface area contributed by atoms with Crippen molar-refractivity contribution in [3.05, 3.63) is 24.0 Å². The van der Waals surface area contributed by atoms with E-state index in [4.69, 9.17) is 10.00 Å². The molecule has 0 aliphatic carbocycles. The molecule has 4 nitrogen and oxygen atoms in total. The van der Waals surface area contributed by atoms with E-state index in [1.165, 1.54) is 0 Å². The zero-order valence-electron chi connectivity index (χ0n) is 9.60. The van der Waals surface area contributed by atoms with Gasteiger partial charge in [-0.3, -0.25) is 4.98 Å². The Morgan fingerprint density at radius 3 is 3.06 bits per heavy atom. The quantitative estimate of drug-likeness (QED) is 0.716. The Labute approximate surface area is 95.5 Å². The zero-order chi connectivity index (χ0) is 11.6. The number of hydrogen-bond donors (Lipinski definition) is 0. The van der Waals surface area contributed by atoms with Gasteiger partial charge in [-0.15, -0.1) is 0 Å². The molecule has 1 aliphatic heterocycles. The monoisotopic (exact) mass is 217 g/mol. The van der Waals surface area contributed by atoms with Gasteiger partial charge in [-0.05, 0) is 19.9 Å². The molecule has 0 spiro atoms. The summed E-state index contributed by atoms with van der Waals surface area (Å²) in [7, 11) is 0. The molecule has 0 unspecified atom stereocenters. The van der Waals surface area contributed by atoms with Gasteiger partial charge >= 0.3 is 0 Å². The fourth-order valence-electron chi connectivity index (χ4n) is 1.95. The highest BCUT2D eigenvalue weighted by molar-refractivity contribution is 5.57. The third kappa shape index (κ3) is 2.15. The van der Waals surface area contributed by atoms with Gasteiger partial charge in [-0.2, -0.15) is 5.26 Å². The van der Waals surface area contributed by atoms with E-state index in [1.54, 1.807) is 18.5 Å². The fraction of sp³-hybridized carbons (Fsp3) is 0.500. The molecular weight excluding hydrogens is 202 g/mol. The van der Waals surface area contributed by atoms with Crippen molar-refractivity contribution in [1.29, 1.82) is 5.26 Å². The second-order valence-corrected chi connectivity index (χ2v) is 4.53. The van der Waals surface area contributed by atoms with Crippen molar-refractivity contribution >= 4 is 5.69 Å². The molecule has 0 atom stereocenters. The first-order valence-electron chi connectivity index (χ1n) is 5.35. The Bertz CT molecular complexity index is 423. The number of morpholine rings is 1. The molecule has 1 fully saturated rings. The summed E-state index contributed by atoms with van der Waals surface area (Å²) < 4.78 is 5.65. The van der Waals surface area contributed by atoms with Crippen LogP contribution in [0, 0.1) is 11.3 Å². The van der Waals surface area contributed by atoms with Crippen molar-refractivity contribution in [2.75, 3.05) is 24.6 Å². The Balaban J connectivity index is 2.27. The van der Waals surface area contributed by atoms with Crippen LogP contribution in [-0.2, 0) is 4.74 Å². The average Bonchev–Trinajstić information content (AvgIpc) is 2.27. The normalized spacial score (nSPS) is 19.2. The predicted molar refractivity (Wildman–Crippen MR) is 61.2 cm³/mol. The summed E-state index contributed by atoms with van der Waals surface area (Å²) >= 11 is 0. The van der Waals surface area contributed by atoms with Crippen LogP contribution in [0.4, 0.5) is 5.69 Å². The lowest BCUT2D eigenvalue weighted by Crippen LogP contribution is -2.48. The minimum atomic E-state index is -0.166. The second-order valence-electron chi connectivity index (χ2n) is 4.53. The molecule has 0 saturated carbocycles. The molecular formula is C12H15N3O. The fourth-order valence-corrected chi connectivity index (χ4v) is 1.95. The van der Waals surface area contributed by atoms with Gasteiger partial charge in [0.1, 0.15) is 6.07 Å². The van der Waals surface area contributed by atoms with Crippen LogP contribution in [0.15, 0.2) is 18.5 Å². The van der Waals surface area contributed by atoms with Gasteiger partial charge in [0, 0.05) is 19.3 Å². The molecule has 4 heteroatoms. The first-order chi connectivity index (χ1) is 7.62. The van der Waals surface area contributed by atoms with E-state index >= 15 is 0 Å². The van der Waals surface area contributed by atoms with Crippen LogP contribution in [0.3, 0.4) is 0 Å². The summed E-state index contributed by atoms with van der Waals surface area (Å²) in [5.41, 5.74) is 1.41. The Morgan fingerprint density at radius 1 is 1.56 bits per heavy atom. The van der Waals surface area contributed by atoms with Gasteiger partial charge in [0.15, 0.2) is 0 Å². The zero-order valence-corrected chi connectivity index (χ0v) is 9.60. The Hall–Kier alpha value is -1.60. The van der Waals surface area contributed by atoms with E-state index in [0.717, 1.165) is 18.8 Å². The minimum Gasteiger partial charge on any atom is -0.372 e. The molecule has 1 aliphatic rings. The van der Waals surface area contributed by atoms with Gasteiger partial charge in [0.05, 0.1) is 29.7 Å². The van der Waals surface area contributed by atoms with E-state index in [1.807, 2.05) is 0 Å². The van der Waals surface area contributed by atoms with Gasteiger partial charge in [-0.25, -0.2) is 0 Å².